The average molecular weight is 318 g/mol. The van der Waals surface area contributed by atoms with Crippen molar-refractivity contribution in [3.8, 4) is 0 Å². The standard InChI is InChI=1S/C15H18N4O2S/c1-18(15(21)12-7-11(9-22-12)14(16)20)8-10-2-4-19-5-3-17-13(19)6-10/h3,5,7,9-10H,2,4,6,8H2,1H3,(H2,16,20). The number of fused-ring (bicyclic) bond motifs is 1. The molecule has 0 spiro atoms. The van der Waals surface area contributed by atoms with Crippen LogP contribution in [0.2, 0.25) is 0 Å². The number of nitrogens with two attached hydrogens (primary N) is 1. The molecule has 1 unspecified atom stereocenters. The number of carbonyl (C=O) groups is 2. The van der Waals surface area contributed by atoms with Crippen LogP contribution in [0.5, 0.6) is 0 Å². The summed E-state index contributed by atoms with van der Waals surface area (Å²) >= 11 is 1.26. The number of aromatic nitrogens is 2. The summed E-state index contributed by atoms with van der Waals surface area (Å²) < 4.78 is 2.16. The van der Waals surface area contributed by atoms with E-state index in [0.29, 0.717) is 22.9 Å². The molecule has 2 aromatic heterocycles. The summed E-state index contributed by atoms with van der Waals surface area (Å²) in [5.74, 6) is 0.937. The van der Waals surface area contributed by atoms with Crippen molar-refractivity contribution in [3.05, 3.63) is 40.1 Å². The number of amides is 2. The zero-order valence-electron chi connectivity index (χ0n) is 12.4. The molecule has 1 aliphatic heterocycles. The monoisotopic (exact) mass is 318 g/mol. The highest BCUT2D eigenvalue weighted by molar-refractivity contribution is 7.12. The van der Waals surface area contributed by atoms with Gasteiger partial charge >= 0.3 is 0 Å². The number of hydrogen-bond acceptors (Lipinski definition) is 4. The van der Waals surface area contributed by atoms with Crippen LogP contribution in [0.3, 0.4) is 0 Å². The smallest absolute Gasteiger partial charge is 0.263 e. The van der Waals surface area contributed by atoms with Gasteiger partial charge in [0.05, 0.1) is 10.4 Å². The van der Waals surface area contributed by atoms with E-state index in [0.717, 1.165) is 25.2 Å². The molecule has 0 fully saturated rings. The number of rotatable bonds is 4. The number of nitrogens with zero attached hydrogens (tertiary/aromatic N) is 3. The molecule has 0 saturated carbocycles. The molecule has 6 nitrogen and oxygen atoms in total. The third-order valence-corrected chi connectivity index (χ3v) is 4.94. The minimum atomic E-state index is -0.503. The molecule has 0 saturated heterocycles. The maximum absolute atomic E-state index is 12.4. The molecule has 1 aliphatic rings. The second-order valence-electron chi connectivity index (χ2n) is 5.65. The van der Waals surface area contributed by atoms with Crippen LogP contribution in [0.15, 0.2) is 23.8 Å². The summed E-state index contributed by atoms with van der Waals surface area (Å²) in [7, 11) is 1.80. The summed E-state index contributed by atoms with van der Waals surface area (Å²) in [4.78, 5) is 30.1. The van der Waals surface area contributed by atoms with E-state index in [1.807, 2.05) is 12.4 Å². The molecule has 0 bridgehead atoms. The summed E-state index contributed by atoms with van der Waals surface area (Å²) in [5, 5.41) is 1.63. The minimum Gasteiger partial charge on any atom is -0.366 e. The Labute approximate surface area is 132 Å². The zero-order valence-corrected chi connectivity index (χ0v) is 13.2. The van der Waals surface area contributed by atoms with E-state index < -0.39 is 5.91 Å². The lowest BCUT2D eigenvalue weighted by atomic mass is 9.97. The third kappa shape index (κ3) is 2.89. The Balaban J connectivity index is 1.63. The van der Waals surface area contributed by atoms with Crippen LogP contribution < -0.4 is 5.73 Å². The second kappa shape index (κ2) is 5.92. The fraction of sp³-hybridized carbons (Fsp3) is 0.400. The predicted molar refractivity (Wildman–Crippen MR) is 83.8 cm³/mol. The summed E-state index contributed by atoms with van der Waals surface area (Å²) in [6, 6.07) is 1.57. The molecule has 0 aliphatic carbocycles. The van der Waals surface area contributed by atoms with Crippen LogP contribution in [0.25, 0.3) is 0 Å². The lowest BCUT2D eigenvalue weighted by Gasteiger charge is -2.27. The van der Waals surface area contributed by atoms with Crippen molar-refractivity contribution >= 4 is 23.2 Å². The van der Waals surface area contributed by atoms with Gasteiger partial charge in [0.2, 0.25) is 5.91 Å². The van der Waals surface area contributed by atoms with Gasteiger partial charge in [-0.15, -0.1) is 11.3 Å². The van der Waals surface area contributed by atoms with E-state index in [9.17, 15) is 9.59 Å². The fourth-order valence-corrected chi connectivity index (χ4v) is 3.70. The highest BCUT2D eigenvalue weighted by Crippen LogP contribution is 2.22. The Morgan fingerprint density at radius 3 is 3.09 bits per heavy atom. The predicted octanol–water partition coefficient (Wildman–Crippen LogP) is 1.38. The van der Waals surface area contributed by atoms with Crippen molar-refractivity contribution in [3.63, 3.8) is 0 Å². The molecule has 116 valence electrons. The van der Waals surface area contributed by atoms with Crippen molar-refractivity contribution in [2.75, 3.05) is 13.6 Å². The first-order chi connectivity index (χ1) is 10.5. The number of primary amides is 1. The maximum Gasteiger partial charge on any atom is 0.263 e. The Morgan fingerprint density at radius 1 is 1.55 bits per heavy atom. The first kappa shape index (κ1) is 14.8. The van der Waals surface area contributed by atoms with Crippen LogP contribution in [-0.4, -0.2) is 39.9 Å². The quantitative estimate of drug-likeness (QED) is 0.924. The van der Waals surface area contributed by atoms with Gasteiger partial charge in [0.25, 0.3) is 5.91 Å². The molecule has 0 radical (unpaired) electrons. The molecular weight excluding hydrogens is 300 g/mol. The molecule has 1 atom stereocenters. The topological polar surface area (TPSA) is 81.2 Å². The van der Waals surface area contributed by atoms with Gasteiger partial charge in [-0.05, 0) is 18.4 Å². The molecule has 0 aromatic carbocycles. The number of carbonyl (C=O) groups excluding carboxylic acids is 2. The first-order valence-corrected chi connectivity index (χ1v) is 8.06. The Hall–Kier alpha value is -2.15. The highest BCUT2D eigenvalue weighted by atomic mass is 32.1. The normalized spacial score (nSPS) is 17.0. The SMILES string of the molecule is CN(CC1CCn2ccnc2C1)C(=O)c1cc(C(N)=O)cs1. The average Bonchev–Trinajstić information content (AvgIpc) is 3.15. The van der Waals surface area contributed by atoms with Crippen LogP contribution in [0, 0.1) is 5.92 Å². The number of aryl methyl sites for hydroxylation is 1. The molecule has 2 N–H and O–H groups in total. The van der Waals surface area contributed by atoms with Crippen LogP contribution in [-0.2, 0) is 13.0 Å². The summed E-state index contributed by atoms with van der Waals surface area (Å²) in [6.07, 6.45) is 5.75. The lowest BCUT2D eigenvalue weighted by molar-refractivity contribution is 0.0768. The van der Waals surface area contributed by atoms with Crippen molar-refractivity contribution in [1.82, 2.24) is 14.5 Å². The van der Waals surface area contributed by atoms with E-state index in [2.05, 4.69) is 9.55 Å². The Bertz CT molecular complexity index is 706. The number of hydrogen-bond donors (Lipinski definition) is 1. The maximum atomic E-state index is 12.4. The molecule has 22 heavy (non-hydrogen) atoms. The molecule has 2 amide bonds. The molecular formula is C15H18N4O2S. The Kier molecular flexibility index (Phi) is 3.98. The van der Waals surface area contributed by atoms with Gasteiger partial charge in [0.15, 0.2) is 0 Å². The second-order valence-corrected chi connectivity index (χ2v) is 6.56. The first-order valence-electron chi connectivity index (χ1n) is 7.18. The van der Waals surface area contributed by atoms with Crippen molar-refractivity contribution in [1.29, 1.82) is 0 Å². The van der Waals surface area contributed by atoms with Gasteiger partial charge in [-0.2, -0.15) is 0 Å². The van der Waals surface area contributed by atoms with E-state index in [-0.39, 0.29) is 5.91 Å². The van der Waals surface area contributed by atoms with Gasteiger partial charge in [-0.3, -0.25) is 9.59 Å². The van der Waals surface area contributed by atoms with E-state index >= 15 is 0 Å². The molecule has 2 aromatic rings. The van der Waals surface area contributed by atoms with E-state index in [1.165, 1.54) is 11.3 Å². The van der Waals surface area contributed by atoms with Gasteiger partial charge in [0, 0.05) is 44.3 Å². The van der Waals surface area contributed by atoms with Crippen molar-refractivity contribution in [2.24, 2.45) is 11.7 Å². The van der Waals surface area contributed by atoms with Gasteiger partial charge in [-0.1, -0.05) is 0 Å². The minimum absolute atomic E-state index is 0.0635. The van der Waals surface area contributed by atoms with Gasteiger partial charge in [0.1, 0.15) is 5.82 Å². The van der Waals surface area contributed by atoms with Gasteiger partial charge in [-0.25, -0.2) is 4.98 Å². The Morgan fingerprint density at radius 2 is 2.36 bits per heavy atom. The van der Waals surface area contributed by atoms with Crippen LogP contribution >= 0.6 is 11.3 Å². The number of imidazole rings is 1. The van der Waals surface area contributed by atoms with Crippen molar-refractivity contribution in [2.45, 2.75) is 19.4 Å². The van der Waals surface area contributed by atoms with E-state index in [1.54, 1.807) is 23.4 Å². The highest BCUT2D eigenvalue weighted by Gasteiger charge is 2.23. The fourth-order valence-electron chi connectivity index (χ4n) is 2.81. The molecule has 3 heterocycles. The third-order valence-electron chi connectivity index (χ3n) is 4.02. The van der Waals surface area contributed by atoms with Gasteiger partial charge < -0.3 is 15.2 Å². The molecule has 7 heteroatoms. The zero-order chi connectivity index (χ0) is 15.7. The summed E-state index contributed by atoms with van der Waals surface area (Å²) in [6.45, 7) is 1.64. The lowest BCUT2D eigenvalue weighted by Crippen LogP contribution is -2.34. The van der Waals surface area contributed by atoms with Crippen molar-refractivity contribution < 1.29 is 9.59 Å². The van der Waals surface area contributed by atoms with Crippen LogP contribution in [0.4, 0.5) is 0 Å². The summed E-state index contributed by atoms with van der Waals surface area (Å²) in [5.41, 5.74) is 5.61. The van der Waals surface area contributed by atoms with Crippen LogP contribution in [0.1, 0.15) is 32.3 Å². The molecule has 3 rings (SSSR count). The van der Waals surface area contributed by atoms with E-state index in [4.69, 9.17) is 5.73 Å². The number of thiophene rings is 1. The largest absolute Gasteiger partial charge is 0.366 e.